The molecule has 19 heavy (non-hydrogen) atoms. The molecule has 1 heterocycles. The van der Waals surface area contributed by atoms with Gasteiger partial charge in [-0.1, -0.05) is 24.3 Å². The molecule has 0 saturated carbocycles. The topological polar surface area (TPSA) is 55.9 Å². The van der Waals surface area contributed by atoms with E-state index in [4.69, 9.17) is 5.73 Å². The second-order valence-corrected chi connectivity index (χ2v) is 5.32. The number of hydrogen-bond donors (Lipinski definition) is 2. The fraction of sp³-hybridized carbons (Fsp3) is 0.400. The average molecular weight is 256 g/mol. The van der Waals surface area contributed by atoms with Gasteiger partial charge in [0.05, 0.1) is 6.54 Å². The van der Waals surface area contributed by atoms with Gasteiger partial charge in [0.25, 0.3) is 0 Å². The van der Waals surface area contributed by atoms with Crippen LogP contribution in [0.15, 0.2) is 42.7 Å². The first-order valence-electron chi connectivity index (χ1n) is 6.82. The van der Waals surface area contributed by atoms with Gasteiger partial charge < -0.3 is 11.1 Å². The first kappa shape index (κ1) is 12.4. The van der Waals surface area contributed by atoms with Gasteiger partial charge in [0.15, 0.2) is 0 Å². The normalized spacial score (nSPS) is 23.3. The van der Waals surface area contributed by atoms with Crippen molar-refractivity contribution < 1.29 is 0 Å². The van der Waals surface area contributed by atoms with Crippen molar-refractivity contribution in [3.8, 4) is 0 Å². The van der Waals surface area contributed by atoms with E-state index in [1.807, 2.05) is 23.1 Å². The highest BCUT2D eigenvalue weighted by atomic mass is 15.3. The molecule has 3 unspecified atom stereocenters. The summed E-state index contributed by atoms with van der Waals surface area (Å²) in [5.74, 6) is 0. The molecule has 0 amide bonds. The number of aromatic nitrogens is 2. The highest BCUT2D eigenvalue weighted by molar-refractivity contribution is 5.37. The molecular formula is C15H20N4. The van der Waals surface area contributed by atoms with Crippen LogP contribution in [0.2, 0.25) is 0 Å². The van der Waals surface area contributed by atoms with Gasteiger partial charge in [-0.05, 0) is 30.5 Å². The Kier molecular flexibility index (Phi) is 3.36. The molecule has 4 nitrogen and oxygen atoms in total. The third kappa shape index (κ3) is 2.55. The molecule has 1 aromatic carbocycles. The number of benzene rings is 1. The molecule has 0 radical (unpaired) electrons. The van der Waals surface area contributed by atoms with E-state index < -0.39 is 0 Å². The maximum Gasteiger partial charge on any atom is 0.0560 e. The highest BCUT2D eigenvalue weighted by Gasteiger charge is 2.28. The van der Waals surface area contributed by atoms with Crippen molar-refractivity contribution in [2.75, 3.05) is 0 Å². The van der Waals surface area contributed by atoms with Crippen molar-refractivity contribution in [1.29, 1.82) is 0 Å². The van der Waals surface area contributed by atoms with Crippen molar-refractivity contribution >= 4 is 0 Å². The van der Waals surface area contributed by atoms with Gasteiger partial charge in [-0.25, -0.2) is 0 Å². The zero-order valence-electron chi connectivity index (χ0n) is 11.2. The number of nitrogens with zero attached hydrogens (tertiary/aromatic N) is 2. The predicted octanol–water partition coefficient (Wildman–Crippen LogP) is 2.01. The quantitative estimate of drug-likeness (QED) is 0.879. The van der Waals surface area contributed by atoms with E-state index in [9.17, 15) is 0 Å². The standard InChI is InChI=1S/C15H20N4/c1-11(10-19-8-4-7-17-19)18-15-9-14(16)12-5-2-3-6-13(12)15/h2-8,11,14-15,18H,9-10,16H2,1H3. The Morgan fingerprint density at radius 1 is 1.37 bits per heavy atom. The third-order valence-corrected chi connectivity index (χ3v) is 3.77. The lowest BCUT2D eigenvalue weighted by Crippen LogP contribution is -2.33. The Labute approximate surface area is 113 Å². The molecule has 1 aliphatic carbocycles. The van der Waals surface area contributed by atoms with Crippen LogP contribution in [0.25, 0.3) is 0 Å². The highest BCUT2D eigenvalue weighted by Crippen LogP contribution is 2.37. The van der Waals surface area contributed by atoms with Crippen LogP contribution in [-0.4, -0.2) is 15.8 Å². The second kappa shape index (κ2) is 5.15. The Morgan fingerprint density at radius 3 is 2.89 bits per heavy atom. The molecular weight excluding hydrogens is 236 g/mol. The molecule has 1 aromatic heterocycles. The molecule has 3 rings (SSSR count). The summed E-state index contributed by atoms with van der Waals surface area (Å²) in [5.41, 5.74) is 8.82. The van der Waals surface area contributed by atoms with Gasteiger partial charge in [0.2, 0.25) is 0 Å². The summed E-state index contributed by atoms with van der Waals surface area (Å²) < 4.78 is 1.96. The summed E-state index contributed by atoms with van der Waals surface area (Å²) in [6.07, 6.45) is 4.78. The summed E-state index contributed by atoms with van der Waals surface area (Å²) in [5, 5.41) is 7.90. The maximum atomic E-state index is 6.19. The van der Waals surface area contributed by atoms with Gasteiger partial charge in [-0.2, -0.15) is 5.10 Å². The van der Waals surface area contributed by atoms with Crippen molar-refractivity contribution in [2.24, 2.45) is 5.73 Å². The number of nitrogens with two attached hydrogens (primary N) is 1. The fourth-order valence-electron chi connectivity index (χ4n) is 2.92. The monoisotopic (exact) mass is 256 g/mol. The SMILES string of the molecule is CC(Cn1cccn1)NC1CC(N)c2ccccc21. The van der Waals surface area contributed by atoms with Crippen molar-refractivity contribution in [3.05, 3.63) is 53.9 Å². The molecule has 1 aliphatic rings. The van der Waals surface area contributed by atoms with Crippen LogP contribution in [0.3, 0.4) is 0 Å². The molecule has 100 valence electrons. The lowest BCUT2D eigenvalue weighted by molar-refractivity contribution is 0.389. The molecule has 3 atom stereocenters. The molecule has 0 aliphatic heterocycles. The first-order chi connectivity index (χ1) is 9.24. The summed E-state index contributed by atoms with van der Waals surface area (Å²) in [7, 11) is 0. The van der Waals surface area contributed by atoms with Crippen LogP contribution in [0.1, 0.15) is 36.6 Å². The van der Waals surface area contributed by atoms with Gasteiger partial charge in [0, 0.05) is 30.5 Å². The first-order valence-corrected chi connectivity index (χ1v) is 6.82. The molecule has 2 aromatic rings. The van der Waals surface area contributed by atoms with Crippen molar-refractivity contribution in [1.82, 2.24) is 15.1 Å². The van der Waals surface area contributed by atoms with Crippen LogP contribution in [0, 0.1) is 0 Å². The zero-order valence-corrected chi connectivity index (χ0v) is 11.2. The van der Waals surface area contributed by atoms with Gasteiger partial charge in [-0.15, -0.1) is 0 Å². The second-order valence-electron chi connectivity index (χ2n) is 5.32. The van der Waals surface area contributed by atoms with Gasteiger partial charge in [0.1, 0.15) is 0 Å². The molecule has 4 heteroatoms. The minimum atomic E-state index is 0.158. The molecule has 0 saturated heterocycles. The van der Waals surface area contributed by atoms with Gasteiger partial charge >= 0.3 is 0 Å². The van der Waals surface area contributed by atoms with E-state index in [2.05, 4.69) is 41.6 Å². The Morgan fingerprint density at radius 2 is 2.16 bits per heavy atom. The third-order valence-electron chi connectivity index (χ3n) is 3.77. The molecule has 0 bridgehead atoms. The number of rotatable bonds is 4. The Hall–Kier alpha value is -1.65. The lowest BCUT2D eigenvalue weighted by Gasteiger charge is -2.20. The van der Waals surface area contributed by atoms with E-state index in [-0.39, 0.29) is 6.04 Å². The zero-order chi connectivity index (χ0) is 13.2. The van der Waals surface area contributed by atoms with E-state index in [1.165, 1.54) is 11.1 Å². The van der Waals surface area contributed by atoms with Crippen LogP contribution >= 0.6 is 0 Å². The van der Waals surface area contributed by atoms with Crippen LogP contribution in [0.5, 0.6) is 0 Å². The maximum absolute atomic E-state index is 6.19. The van der Waals surface area contributed by atoms with Crippen LogP contribution in [0.4, 0.5) is 0 Å². The number of nitrogens with one attached hydrogen (secondary N) is 1. The van der Waals surface area contributed by atoms with E-state index >= 15 is 0 Å². The van der Waals surface area contributed by atoms with E-state index in [0.717, 1.165) is 13.0 Å². The largest absolute Gasteiger partial charge is 0.324 e. The predicted molar refractivity (Wildman–Crippen MR) is 75.6 cm³/mol. The van der Waals surface area contributed by atoms with Gasteiger partial charge in [-0.3, -0.25) is 4.68 Å². The number of hydrogen-bond acceptors (Lipinski definition) is 3. The summed E-state index contributed by atoms with van der Waals surface area (Å²) in [6.45, 7) is 3.06. The van der Waals surface area contributed by atoms with Crippen LogP contribution < -0.4 is 11.1 Å². The van der Waals surface area contributed by atoms with E-state index in [1.54, 1.807) is 0 Å². The summed E-state index contributed by atoms with van der Waals surface area (Å²) in [4.78, 5) is 0. The Balaban J connectivity index is 1.68. The minimum Gasteiger partial charge on any atom is -0.324 e. The fourth-order valence-corrected chi connectivity index (χ4v) is 2.92. The molecule has 3 N–H and O–H groups in total. The van der Waals surface area contributed by atoms with Crippen molar-refractivity contribution in [2.45, 2.75) is 38.0 Å². The minimum absolute atomic E-state index is 0.158. The smallest absolute Gasteiger partial charge is 0.0560 e. The van der Waals surface area contributed by atoms with Crippen molar-refractivity contribution in [3.63, 3.8) is 0 Å². The lowest BCUT2D eigenvalue weighted by atomic mass is 10.1. The molecule has 0 fully saturated rings. The van der Waals surface area contributed by atoms with E-state index in [0.29, 0.717) is 12.1 Å². The number of fused-ring (bicyclic) bond motifs is 1. The Bertz CT molecular complexity index is 535. The molecule has 0 spiro atoms. The summed E-state index contributed by atoms with van der Waals surface area (Å²) >= 11 is 0. The summed E-state index contributed by atoms with van der Waals surface area (Å²) in [6, 6.07) is 11.3. The average Bonchev–Trinajstić information content (AvgIpc) is 3.00. The van der Waals surface area contributed by atoms with Crippen LogP contribution in [-0.2, 0) is 6.54 Å².